The van der Waals surface area contributed by atoms with Gasteiger partial charge in [0.1, 0.15) is 5.01 Å². The Hall–Kier alpha value is -1.47. The van der Waals surface area contributed by atoms with Crippen LogP contribution in [0.2, 0.25) is 5.28 Å². The highest BCUT2D eigenvalue weighted by atomic mass is 35.5. The Morgan fingerprint density at radius 3 is 2.55 bits per heavy atom. The number of aryl methyl sites for hydroxylation is 1. The van der Waals surface area contributed by atoms with Crippen molar-refractivity contribution in [1.82, 2.24) is 19.9 Å². The molecule has 0 aliphatic carbocycles. The van der Waals surface area contributed by atoms with Crippen molar-refractivity contribution in [3.8, 4) is 6.01 Å². The second-order valence-corrected chi connectivity index (χ2v) is 5.80. The molecule has 0 aliphatic heterocycles. The largest absolute Gasteiger partial charge is 0.461 e. The minimum Gasteiger partial charge on any atom is -0.461 e. The summed E-state index contributed by atoms with van der Waals surface area (Å²) >= 11 is 7.46. The molecule has 1 N–H and O–H groups in total. The van der Waals surface area contributed by atoms with E-state index >= 15 is 0 Å². The van der Waals surface area contributed by atoms with E-state index in [1.54, 1.807) is 11.3 Å². The maximum atomic E-state index is 5.87. The molecule has 0 aliphatic rings. The van der Waals surface area contributed by atoms with Gasteiger partial charge in [0.05, 0.1) is 12.1 Å². The van der Waals surface area contributed by atoms with Crippen LogP contribution in [-0.4, -0.2) is 26.0 Å². The molecule has 108 valence electrons. The van der Waals surface area contributed by atoms with Crippen molar-refractivity contribution in [3.63, 3.8) is 0 Å². The number of hydrogen-bond donors (Lipinski definition) is 1. The maximum absolute atomic E-state index is 5.87. The molecule has 0 saturated carbocycles. The number of nitrogens with zero attached hydrogens (tertiary/aromatic N) is 4. The first-order valence-corrected chi connectivity index (χ1v) is 7.46. The Balaban J connectivity index is 2.14. The fourth-order valence-corrected chi connectivity index (χ4v) is 2.44. The maximum Gasteiger partial charge on any atom is 0.322 e. The van der Waals surface area contributed by atoms with Crippen molar-refractivity contribution in [1.29, 1.82) is 0 Å². The van der Waals surface area contributed by atoms with Crippen LogP contribution in [0, 0.1) is 6.92 Å². The van der Waals surface area contributed by atoms with Crippen LogP contribution in [0.4, 0.5) is 5.95 Å². The van der Waals surface area contributed by atoms with Crippen LogP contribution in [-0.2, 0) is 0 Å². The number of aromatic nitrogens is 4. The predicted octanol–water partition coefficient (Wildman–Crippen LogP) is 3.25. The van der Waals surface area contributed by atoms with Crippen LogP contribution >= 0.6 is 22.9 Å². The molecule has 2 rings (SSSR count). The van der Waals surface area contributed by atoms with Gasteiger partial charge in [0, 0.05) is 11.1 Å². The molecule has 1 atom stereocenters. The van der Waals surface area contributed by atoms with Gasteiger partial charge in [-0.1, -0.05) is 0 Å². The number of hydrogen-bond acceptors (Lipinski definition) is 7. The SMILES string of the molecule is Cc1csc(C(C)Nc2nc(Cl)nc(OC(C)C)n2)n1. The quantitative estimate of drug-likeness (QED) is 0.913. The van der Waals surface area contributed by atoms with Gasteiger partial charge in [0.25, 0.3) is 0 Å². The van der Waals surface area contributed by atoms with Gasteiger partial charge in [-0.25, -0.2) is 4.98 Å². The van der Waals surface area contributed by atoms with Gasteiger partial charge in [-0.2, -0.15) is 15.0 Å². The van der Waals surface area contributed by atoms with E-state index in [2.05, 4.69) is 25.3 Å². The van der Waals surface area contributed by atoms with Gasteiger partial charge in [0.15, 0.2) is 0 Å². The van der Waals surface area contributed by atoms with Crippen LogP contribution in [0.3, 0.4) is 0 Å². The zero-order valence-corrected chi connectivity index (χ0v) is 13.3. The van der Waals surface area contributed by atoms with Gasteiger partial charge >= 0.3 is 6.01 Å². The van der Waals surface area contributed by atoms with Gasteiger partial charge in [-0.15, -0.1) is 11.3 Å². The molecule has 2 heterocycles. The van der Waals surface area contributed by atoms with E-state index in [-0.39, 0.29) is 23.4 Å². The average Bonchev–Trinajstić information content (AvgIpc) is 2.74. The Bertz CT molecular complexity index is 589. The summed E-state index contributed by atoms with van der Waals surface area (Å²) in [4.78, 5) is 16.6. The number of rotatable bonds is 5. The summed E-state index contributed by atoms with van der Waals surface area (Å²) in [5, 5.41) is 6.21. The number of ether oxygens (including phenoxy) is 1. The van der Waals surface area contributed by atoms with Gasteiger partial charge < -0.3 is 10.1 Å². The third kappa shape index (κ3) is 4.01. The van der Waals surface area contributed by atoms with Crippen LogP contribution in [0.25, 0.3) is 0 Å². The summed E-state index contributed by atoms with van der Waals surface area (Å²) in [5.41, 5.74) is 0.996. The minimum absolute atomic E-state index is 0.0148. The van der Waals surface area contributed by atoms with E-state index in [1.165, 1.54) is 0 Å². The fourth-order valence-electron chi connectivity index (χ4n) is 1.49. The lowest BCUT2D eigenvalue weighted by Gasteiger charge is -2.13. The van der Waals surface area contributed by atoms with E-state index in [0.717, 1.165) is 10.7 Å². The van der Waals surface area contributed by atoms with Crippen LogP contribution in [0.5, 0.6) is 6.01 Å². The molecule has 2 aromatic heterocycles. The number of nitrogens with one attached hydrogen (secondary N) is 1. The van der Waals surface area contributed by atoms with Crippen LogP contribution < -0.4 is 10.1 Å². The second kappa shape index (κ2) is 6.32. The molecule has 8 heteroatoms. The smallest absolute Gasteiger partial charge is 0.322 e. The number of halogens is 1. The molecule has 0 aromatic carbocycles. The molecule has 2 aromatic rings. The fraction of sp³-hybridized carbons (Fsp3) is 0.500. The summed E-state index contributed by atoms with van der Waals surface area (Å²) in [6, 6.07) is 0.198. The first-order chi connectivity index (χ1) is 9.44. The molecule has 0 amide bonds. The summed E-state index contributed by atoms with van der Waals surface area (Å²) in [6.45, 7) is 7.73. The number of thiazole rings is 1. The second-order valence-electron chi connectivity index (χ2n) is 4.57. The monoisotopic (exact) mass is 313 g/mol. The van der Waals surface area contributed by atoms with E-state index in [0.29, 0.717) is 5.95 Å². The van der Waals surface area contributed by atoms with Crippen LogP contribution in [0.15, 0.2) is 5.38 Å². The zero-order chi connectivity index (χ0) is 14.7. The van der Waals surface area contributed by atoms with Gasteiger partial charge in [-0.05, 0) is 39.3 Å². The summed E-state index contributed by atoms with van der Waals surface area (Å²) in [6.07, 6.45) is -0.0275. The molecule has 0 bridgehead atoms. The molecular weight excluding hydrogens is 298 g/mol. The zero-order valence-electron chi connectivity index (χ0n) is 11.7. The lowest BCUT2D eigenvalue weighted by Crippen LogP contribution is -2.13. The third-order valence-electron chi connectivity index (χ3n) is 2.28. The van der Waals surface area contributed by atoms with Crippen molar-refractivity contribution in [2.75, 3.05) is 5.32 Å². The van der Waals surface area contributed by atoms with Crippen molar-refractivity contribution in [2.24, 2.45) is 0 Å². The van der Waals surface area contributed by atoms with E-state index < -0.39 is 0 Å². The molecular formula is C12H16ClN5OS. The molecule has 6 nitrogen and oxygen atoms in total. The highest BCUT2D eigenvalue weighted by molar-refractivity contribution is 7.09. The summed E-state index contributed by atoms with van der Waals surface area (Å²) in [7, 11) is 0. The predicted molar refractivity (Wildman–Crippen MR) is 79.5 cm³/mol. The van der Waals surface area contributed by atoms with Crippen molar-refractivity contribution < 1.29 is 4.74 Å². The minimum atomic E-state index is -0.0275. The Morgan fingerprint density at radius 2 is 1.95 bits per heavy atom. The topological polar surface area (TPSA) is 72.8 Å². The van der Waals surface area contributed by atoms with Crippen LogP contribution in [0.1, 0.15) is 37.5 Å². The van der Waals surface area contributed by atoms with Crippen molar-refractivity contribution >= 4 is 28.9 Å². The standard InChI is InChI=1S/C12H16ClN5OS/c1-6(2)19-12-17-10(13)16-11(18-12)15-8(4)9-14-7(3)5-20-9/h5-6,8H,1-4H3,(H,15,16,17,18). The molecule has 0 radical (unpaired) electrons. The first-order valence-electron chi connectivity index (χ1n) is 6.21. The molecule has 1 unspecified atom stereocenters. The summed E-state index contributed by atoms with van der Waals surface area (Å²) < 4.78 is 5.43. The van der Waals surface area contributed by atoms with E-state index in [9.17, 15) is 0 Å². The molecule has 20 heavy (non-hydrogen) atoms. The molecule has 0 spiro atoms. The normalized spacial score (nSPS) is 12.5. The van der Waals surface area contributed by atoms with E-state index in [4.69, 9.17) is 16.3 Å². The lowest BCUT2D eigenvalue weighted by atomic mass is 10.3. The highest BCUT2D eigenvalue weighted by Gasteiger charge is 2.13. The van der Waals surface area contributed by atoms with Crippen molar-refractivity contribution in [3.05, 3.63) is 21.4 Å². The van der Waals surface area contributed by atoms with E-state index in [1.807, 2.05) is 33.1 Å². The number of anilines is 1. The highest BCUT2D eigenvalue weighted by Crippen LogP contribution is 2.22. The average molecular weight is 314 g/mol. The molecule has 0 saturated heterocycles. The molecule has 0 fully saturated rings. The van der Waals surface area contributed by atoms with Gasteiger partial charge in [0.2, 0.25) is 11.2 Å². The van der Waals surface area contributed by atoms with Gasteiger partial charge in [-0.3, -0.25) is 0 Å². The Morgan fingerprint density at radius 1 is 1.20 bits per heavy atom. The summed E-state index contributed by atoms with van der Waals surface area (Å²) in [5.74, 6) is 0.376. The lowest BCUT2D eigenvalue weighted by molar-refractivity contribution is 0.222. The van der Waals surface area contributed by atoms with Crippen molar-refractivity contribution in [2.45, 2.75) is 39.8 Å². The Labute approximate surface area is 126 Å². The Kier molecular flexibility index (Phi) is 4.72. The third-order valence-corrected chi connectivity index (χ3v) is 3.60. The first kappa shape index (κ1) is 14.9.